The number of H-pyrrole nitrogens is 1. The van der Waals surface area contributed by atoms with Crippen LogP contribution in [0.15, 0.2) is 53.3 Å². The summed E-state index contributed by atoms with van der Waals surface area (Å²) in [5.74, 6) is 0.597. The van der Waals surface area contributed by atoms with Crippen LogP contribution in [0.4, 0.5) is 5.95 Å². The number of aromatic nitrogens is 4. The van der Waals surface area contributed by atoms with Crippen LogP contribution >= 0.6 is 11.6 Å². The normalized spacial score (nSPS) is 11.0. The van der Waals surface area contributed by atoms with E-state index in [2.05, 4.69) is 15.1 Å². The summed E-state index contributed by atoms with van der Waals surface area (Å²) in [5.41, 5.74) is 1.88. The summed E-state index contributed by atoms with van der Waals surface area (Å²) in [6, 6.07) is 14.1. The molecule has 9 heteroatoms. The van der Waals surface area contributed by atoms with Gasteiger partial charge in [0.05, 0.1) is 24.2 Å². The molecular formula is C22H20ClN5O3. The third-order valence-electron chi connectivity index (χ3n) is 5.08. The molecule has 0 saturated heterocycles. The Bertz CT molecular complexity index is 1340. The van der Waals surface area contributed by atoms with Crippen molar-refractivity contribution in [1.29, 1.82) is 0 Å². The molecule has 4 rings (SSSR count). The topological polar surface area (TPSA) is 92.6 Å². The number of methoxy groups -OCH3 is 1. The van der Waals surface area contributed by atoms with Crippen LogP contribution in [-0.4, -0.2) is 32.6 Å². The van der Waals surface area contributed by atoms with Crippen molar-refractivity contribution in [3.63, 3.8) is 0 Å². The Labute approximate surface area is 183 Å². The number of carbonyl (C=O) groups excluding carboxylic acids is 1. The SMILES string of the molecule is COc1ccccc1CN(C(=O)c1ccccc1Cl)c1nc2nc(C)c(C)c(=O)n2[nH]1. The largest absolute Gasteiger partial charge is 0.496 e. The molecule has 1 amide bonds. The van der Waals surface area contributed by atoms with E-state index in [9.17, 15) is 9.59 Å². The standard InChI is InChI=1S/C22H20ClN5O3/c1-13-14(2)24-21-25-22(26-28(21)19(13)29)27(12-15-8-4-7-11-18(15)31-3)20(30)16-9-5-6-10-17(16)23/h4-11H,12H2,1-3H3,(H,24,25,26). The second-order valence-corrected chi connectivity index (χ2v) is 7.40. The number of halogens is 1. The Kier molecular flexibility index (Phi) is 5.48. The molecule has 31 heavy (non-hydrogen) atoms. The Morgan fingerprint density at radius 3 is 2.58 bits per heavy atom. The maximum absolute atomic E-state index is 13.5. The minimum Gasteiger partial charge on any atom is -0.496 e. The number of aryl methyl sites for hydroxylation is 1. The zero-order valence-electron chi connectivity index (χ0n) is 17.2. The molecule has 0 radical (unpaired) electrons. The van der Waals surface area contributed by atoms with Gasteiger partial charge in [-0.15, -0.1) is 0 Å². The highest BCUT2D eigenvalue weighted by atomic mass is 35.5. The second-order valence-electron chi connectivity index (χ2n) is 6.99. The molecule has 2 heterocycles. The van der Waals surface area contributed by atoms with Crippen LogP contribution in [0.1, 0.15) is 27.2 Å². The molecule has 1 N–H and O–H groups in total. The Morgan fingerprint density at radius 1 is 1.13 bits per heavy atom. The fraction of sp³-hybridized carbons (Fsp3) is 0.182. The van der Waals surface area contributed by atoms with Gasteiger partial charge in [0.15, 0.2) is 0 Å². The number of fused-ring (bicyclic) bond motifs is 1. The highest BCUT2D eigenvalue weighted by Gasteiger charge is 2.25. The first kappa shape index (κ1) is 20.6. The molecule has 0 spiro atoms. The fourth-order valence-electron chi connectivity index (χ4n) is 3.24. The van der Waals surface area contributed by atoms with Gasteiger partial charge in [-0.2, -0.15) is 9.50 Å². The first-order chi connectivity index (χ1) is 14.9. The third-order valence-corrected chi connectivity index (χ3v) is 5.41. The van der Waals surface area contributed by atoms with Crippen LogP contribution in [0.5, 0.6) is 5.75 Å². The van der Waals surface area contributed by atoms with Crippen LogP contribution in [0.25, 0.3) is 5.78 Å². The predicted octanol–water partition coefficient (Wildman–Crippen LogP) is 3.54. The summed E-state index contributed by atoms with van der Waals surface area (Å²) in [4.78, 5) is 36.3. The van der Waals surface area contributed by atoms with Crippen LogP contribution in [0.3, 0.4) is 0 Å². The third kappa shape index (κ3) is 3.77. The summed E-state index contributed by atoms with van der Waals surface area (Å²) in [6.45, 7) is 3.58. The lowest BCUT2D eigenvalue weighted by atomic mass is 10.1. The maximum Gasteiger partial charge on any atom is 0.277 e. The minimum atomic E-state index is -0.378. The van der Waals surface area contributed by atoms with Crippen molar-refractivity contribution < 1.29 is 9.53 Å². The minimum absolute atomic E-state index is 0.139. The maximum atomic E-state index is 13.5. The smallest absolute Gasteiger partial charge is 0.277 e. The van der Waals surface area contributed by atoms with E-state index in [1.54, 1.807) is 45.2 Å². The van der Waals surface area contributed by atoms with Crippen molar-refractivity contribution in [1.82, 2.24) is 19.6 Å². The number of ether oxygens (including phenoxy) is 1. The predicted molar refractivity (Wildman–Crippen MR) is 118 cm³/mol. The van der Waals surface area contributed by atoms with Gasteiger partial charge in [-0.3, -0.25) is 19.6 Å². The summed E-state index contributed by atoms with van der Waals surface area (Å²) in [7, 11) is 1.56. The van der Waals surface area contributed by atoms with Crippen LogP contribution < -0.4 is 15.2 Å². The number of hydrogen-bond acceptors (Lipinski definition) is 5. The van der Waals surface area contributed by atoms with Crippen LogP contribution in [-0.2, 0) is 6.54 Å². The zero-order chi connectivity index (χ0) is 22.1. The van der Waals surface area contributed by atoms with E-state index in [1.165, 1.54) is 9.42 Å². The first-order valence-corrected chi connectivity index (χ1v) is 9.92. The van der Waals surface area contributed by atoms with E-state index in [4.69, 9.17) is 16.3 Å². The lowest BCUT2D eigenvalue weighted by Gasteiger charge is -2.21. The van der Waals surface area contributed by atoms with E-state index in [1.807, 2.05) is 24.3 Å². The molecule has 2 aromatic carbocycles. The number of para-hydroxylation sites is 1. The van der Waals surface area contributed by atoms with Gasteiger partial charge in [0.1, 0.15) is 5.75 Å². The van der Waals surface area contributed by atoms with Gasteiger partial charge >= 0.3 is 0 Å². The van der Waals surface area contributed by atoms with Gasteiger partial charge < -0.3 is 4.74 Å². The molecule has 0 aliphatic heterocycles. The summed E-state index contributed by atoms with van der Waals surface area (Å²) in [5, 5.41) is 3.23. The molecule has 0 unspecified atom stereocenters. The van der Waals surface area contributed by atoms with E-state index < -0.39 is 0 Å². The van der Waals surface area contributed by atoms with Gasteiger partial charge in [0.25, 0.3) is 17.2 Å². The summed E-state index contributed by atoms with van der Waals surface area (Å²) >= 11 is 6.29. The number of nitrogens with zero attached hydrogens (tertiary/aromatic N) is 4. The number of anilines is 1. The highest BCUT2D eigenvalue weighted by Crippen LogP contribution is 2.25. The lowest BCUT2D eigenvalue weighted by molar-refractivity contribution is 0.0983. The molecule has 0 atom stereocenters. The van der Waals surface area contributed by atoms with Gasteiger partial charge in [-0.05, 0) is 32.0 Å². The number of rotatable bonds is 5. The number of amides is 1. The Hall–Kier alpha value is -3.65. The molecule has 0 bridgehead atoms. The molecule has 0 aliphatic rings. The van der Waals surface area contributed by atoms with Crippen molar-refractivity contribution >= 4 is 29.2 Å². The quantitative estimate of drug-likeness (QED) is 0.515. The molecular weight excluding hydrogens is 418 g/mol. The van der Waals surface area contributed by atoms with Gasteiger partial charge in [-0.1, -0.05) is 41.9 Å². The summed E-state index contributed by atoms with van der Waals surface area (Å²) in [6.07, 6.45) is 0. The van der Waals surface area contributed by atoms with Gasteiger partial charge in [0.2, 0.25) is 5.95 Å². The molecule has 8 nitrogen and oxygen atoms in total. The molecule has 158 valence electrons. The van der Waals surface area contributed by atoms with Crippen molar-refractivity contribution in [2.75, 3.05) is 12.0 Å². The van der Waals surface area contributed by atoms with Crippen molar-refractivity contribution in [3.05, 3.63) is 86.3 Å². The lowest BCUT2D eigenvalue weighted by Crippen LogP contribution is -2.32. The van der Waals surface area contributed by atoms with Crippen molar-refractivity contribution in [2.45, 2.75) is 20.4 Å². The van der Waals surface area contributed by atoms with E-state index in [-0.39, 0.29) is 29.7 Å². The van der Waals surface area contributed by atoms with Gasteiger partial charge in [-0.25, -0.2) is 4.98 Å². The second kappa shape index (κ2) is 8.23. The van der Waals surface area contributed by atoms with E-state index in [0.29, 0.717) is 27.6 Å². The van der Waals surface area contributed by atoms with E-state index in [0.717, 1.165) is 5.56 Å². The summed E-state index contributed by atoms with van der Waals surface area (Å²) < 4.78 is 6.67. The number of carbonyl (C=O) groups is 1. The van der Waals surface area contributed by atoms with Crippen LogP contribution in [0.2, 0.25) is 5.02 Å². The fourth-order valence-corrected chi connectivity index (χ4v) is 3.46. The average Bonchev–Trinajstić information content (AvgIpc) is 3.19. The van der Waals surface area contributed by atoms with Crippen molar-refractivity contribution in [3.8, 4) is 5.75 Å². The number of hydrogen-bond donors (Lipinski definition) is 1. The Morgan fingerprint density at radius 2 is 1.84 bits per heavy atom. The number of aromatic amines is 1. The van der Waals surface area contributed by atoms with Gasteiger partial charge in [0, 0.05) is 16.8 Å². The highest BCUT2D eigenvalue weighted by molar-refractivity contribution is 6.34. The van der Waals surface area contributed by atoms with Crippen LogP contribution in [0, 0.1) is 13.8 Å². The average molecular weight is 438 g/mol. The molecule has 2 aromatic heterocycles. The molecule has 0 aliphatic carbocycles. The Balaban J connectivity index is 1.87. The van der Waals surface area contributed by atoms with E-state index >= 15 is 0 Å². The molecule has 4 aromatic rings. The zero-order valence-corrected chi connectivity index (χ0v) is 18.0. The molecule has 0 fully saturated rings. The number of nitrogens with one attached hydrogen (secondary N) is 1. The van der Waals surface area contributed by atoms with Crippen molar-refractivity contribution in [2.24, 2.45) is 0 Å². The molecule has 0 saturated carbocycles. The monoisotopic (exact) mass is 437 g/mol. The number of benzene rings is 2. The first-order valence-electron chi connectivity index (χ1n) is 9.55.